The second kappa shape index (κ2) is 5.33. The van der Waals surface area contributed by atoms with Gasteiger partial charge in [-0.15, -0.1) is 0 Å². The van der Waals surface area contributed by atoms with Gasteiger partial charge in [0.2, 0.25) is 6.79 Å². The van der Waals surface area contributed by atoms with Crippen LogP contribution in [0.5, 0.6) is 11.5 Å². The van der Waals surface area contributed by atoms with Gasteiger partial charge < -0.3 is 14.8 Å². The lowest BCUT2D eigenvalue weighted by Crippen LogP contribution is -2.29. The maximum atomic E-state index is 6.48. The molecule has 3 atom stereocenters. The van der Waals surface area contributed by atoms with E-state index in [0.717, 1.165) is 23.6 Å². The van der Waals surface area contributed by atoms with Gasteiger partial charge in [0.25, 0.3) is 0 Å². The van der Waals surface area contributed by atoms with Crippen LogP contribution in [-0.4, -0.2) is 6.79 Å². The molecule has 122 valence electrons. The van der Waals surface area contributed by atoms with Gasteiger partial charge >= 0.3 is 0 Å². The summed E-state index contributed by atoms with van der Waals surface area (Å²) in [5.41, 5.74) is 3.35. The van der Waals surface area contributed by atoms with Crippen molar-refractivity contribution in [3.05, 3.63) is 63.7 Å². The summed E-state index contributed by atoms with van der Waals surface area (Å²) in [6.45, 7) is 0.286. The molecule has 0 saturated carbocycles. The lowest BCUT2D eigenvalue weighted by atomic mass is 9.77. The zero-order valence-electron chi connectivity index (χ0n) is 12.8. The van der Waals surface area contributed by atoms with Crippen LogP contribution in [0.3, 0.4) is 0 Å². The third-order valence-corrected chi connectivity index (χ3v) is 5.99. The molecule has 3 nitrogen and oxygen atoms in total. The molecule has 5 rings (SSSR count). The minimum atomic E-state index is 0.156. The number of halogens is 2. The van der Waals surface area contributed by atoms with Crippen LogP contribution in [0.1, 0.15) is 29.5 Å². The van der Waals surface area contributed by atoms with E-state index in [4.69, 9.17) is 32.7 Å². The van der Waals surface area contributed by atoms with E-state index in [1.165, 1.54) is 11.1 Å². The number of fused-ring (bicyclic) bond motifs is 4. The summed E-state index contributed by atoms with van der Waals surface area (Å²) in [7, 11) is 0. The van der Waals surface area contributed by atoms with Crippen LogP contribution in [0, 0.1) is 5.92 Å². The summed E-state index contributed by atoms with van der Waals surface area (Å²) in [5.74, 6) is 2.42. The zero-order valence-corrected chi connectivity index (χ0v) is 14.3. The van der Waals surface area contributed by atoms with Gasteiger partial charge in [-0.1, -0.05) is 47.5 Å². The van der Waals surface area contributed by atoms with Gasteiger partial charge in [-0.25, -0.2) is 0 Å². The van der Waals surface area contributed by atoms with Crippen molar-refractivity contribution in [1.82, 2.24) is 0 Å². The van der Waals surface area contributed by atoms with Crippen molar-refractivity contribution < 1.29 is 9.47 Å². The SMILES string of the molecule is Clc1ccc2c(c1Cl)N[C@@H](c1ccc3c(c1)OCO3)[C@H]1CC=C[C@H]21. The third-order valence-electron chi connectivity index (χ3n) is 5.18. The number of anilines is 1. The smallest absolute Gasteiger partial charge is 0.231 e. The molecule has 0 saturated heterocycles. The van der Waals surface area contributed by atoms with Crippen LogP contribution < -0.4 is 14.8 Å². The van der Waals surface area contributed by atoms with Gasteiger partial charge in [-0.3, -0.25) is 0 Å². The topological polar surface area (TPSA) is 30.5 Å². The molecule has 1 N–H and O–H groups in total. The average molecular weight is 360 g/mol. The van der Waals surface area contributed by atoms with E-state index in [-0.39, 0.29) is 12.8 Å². The molecule has 2 heterocycles. The maximum Gasteiger partial charge on any atom is 0.231 e. The summed E-state index contributed by atoms with van der Waals surface area (Å²) in [6.07, 6.45) is 5.58. The molecule has 0 spiro atoms. The number of nitrogens with one attached hydrogen (secondary N) is 1. The van der Waals surface area contributed by atoms with Crippen LogP contribution in [0.15, 0.2) is 42.5 Å². The maximum absolute atomic E-state index is 6.48. The monoisotopic (exact) mass is 359 g/mol. The van der Waals surface area contributed by atoms with Gasteiger partial charge in [0.15, 0.2) is 11.5 Å². The van der Waals surface area contributed by atoms with Crippen LogP contribution in [0.2, 0.25) is 10.0 Å². The van der Waals surface area contributed by atoms with E-state index in [1.54, 1.807) is 0 Å². The Morgan fingerprint density at radius 3 is 2.83 bits per heavy atom. The van der Waals surface area contributed by atoms with Crippen LogP contribution >= 0.6 is 23.2 Å². The number of ether oxygens (including phenoxy) is 2. The molecular formula is C19H15Cl2NO2. The molecule has 5 heteroatoms. The molecule has 0 fully saturated rings. The van der Waals surface area contributed by atoms with Gasteiger partial charge in [-0.2, -0.15) is 0 Å². The van der Waals surface area contributed by atoms with Gasteiger partial charge in [0.05, 0.1) is 21.8 Å². The lowest BCUT2D eigenvalue weighted by molar-refractivity contribution is 0.174. The Balaban J connectivity index is 1.61. The summed E-state index contributed by atoms with van der Waals surface area (Å²) < 4.78 is 11.0. The van der Waals surface area contributed by atoms with Crippen molar-refractivity contribution in [1.29, 1.82) is 0 Å². The predicted molar refractivity (Wildman–Crippen MR) is 95.4 cm³/mol. The van der Waals surface area contributed by atoms with Crippen LogP contribution in [0.25, 0.3) is 0 Å². The van der Waals surface area contributed by atoms with E-state index in [9.17, 15) is 0 Å². The van der Waals surface area contributed by atoms with Crippen molar-refractivity contribution in [3.63, 3.8) is 0 Å². The first-order valence-electron chi connectivity index (χ1n) is 8.03. The molecule has 0 unspecified atom stereocenters. The van der Waals surface area contributed by atoms with Gasteiger partial charge in [-0.05, 0) is 41.7 Å². The first-order valence-corrected chi connectivity index (χ1v) is 8.78. The highest BCUT2D eigenvalue weighted by molar-refractivity contribution is 6.43. The summed E-state index contributed by atoms with van der Waals surface area (Å²) >= 11 is 12.7. The molecule has 0 bridgehead atoms. The first kappa shape index (κ1) is 14.5. The minimum absolute atomic E-state index is 0.156. The summed E-state index contributed by atoms with van der Waals surface area (Å²) in [4.78, 5) is 0. The molecule has 0 amide bonds. The van der Waals surface area contributed by atoms with Crippen molar-refractivity contribution >= 4 is 28.9 Å². The number of hydrogen-bond donors (Lipinski definition) is 1. The Bertz CT molecular complexity index is 865. The second-order valence-corrected chi connectivity index (χ2v) is 7.20. The fourth-order valence-electron chi connectivity index (χ4n) is 4.04. The lowest BCUT2D eigenvalue weighted by Gasteiger charge is -2.38. The van der Waals surface area contributed by atoms with Crippen LogP contribution in [0.4, 0.5) is 5.69 Å². The third kappa shape index (κ3) is 2.04. The van der Waals surface area contributed by atoms with E-state index < -0.39 is 0 Å². The largest absolute Gasteiger partial charge is 0.454 e. The number of hydrogen-bond acceptors (Lipinski definition) is 3. The molecular weight excluding hydrogens is 345 g/mol. The summed E-state index contributed by atoms with van der Waals surface area (Å²) in [5, 5.41) is 4.80. The molecule has 0 radical (unpaired) electrons. The Labute approximate surface area is 150 Å². The van der Waals surface area contributed by atoms with Crippen LogP contribution in [-0.2, 0) is 0 Å². The molecule has 24 heavy (non-hydrogen) atoms. The Morgan fingerprint density at radius 1 is 1.04 bits per heavy atom. The summed E-state index contributed by atoms with van der Waals surface area (Å²) in [6, 6.07) is 10.3. The first-order chi connectivity index (χ1) is 11.7. The standard InChI is InChI=1S/C19H15Cl2NO2/c20-14-6-5-13-11-2-1-3-12(11)18(22-19(13)17(14)21)10-4-7-15-16(8-10)24-9-23-15/h1-2,4-8,11-12,18,22H,3,9H2/t11-,12-,18-/m0/s1. The van der Waals surface area contributed by atoms with Gasteiger partial charge in [0, 0.05) is 5.92 Å². The minimum Gasteiger partial charge on any atom is -0.454 e. The van der Waals surface area contributed by atoms with Crippen molar-refractivity contribution in [3.8, 4) is 11.5 Å². The predicted octanol–water partition coefficient (Wildman–Crippen LogP) is 5.55. The zero-order chi connectivity index (χ0) is 16.3. The van der Waals surface area contributed by atoms with Gasteiger partial charge in [0.1, 0.15) is 0 Å². The Hall–Kier alpha value is -1.84. The number of allylic oxidation sites excluding steroid dienone is 2. The fraction of sp³-hybridized carbons (Fsp3) is 0.263. The Kier molecular flexibility index (Phi) is 3.22. The highest BCUT2D eigenvalue weighted by Crippen LogP contribution is 2.53. The molecule has 1 aliphatic carbocycles. The van der Waals surface area contributed by atoms with Crippen molar-refractivity contribution in [2.75, 3.05) is 12.1 Å². The molecule has 2 aromatic carbocycles. The second-order valence-electron chi connectivity index (χ2n) is 6.41. The normalized spacial score (nSPS) is 26.0. The average Bonchev–Trinajstić information content (AvgIpc) is 3.25. The highest BCUT2D eigenvalue weighted by Gasteiger charge is 2.39. The number of benzene rings is 2. The highest BCUT2D eigenvalue weighted by atomic mass is 35.5. The molecule has 2 aliphatic heterocycles. The molecule has 0 aromatic heterocycles. The van der Waals surface area contributed by atoms with E-state index in [1.807, 2.05) is 12.1 Å². The van der Waals surface area contributed by atoms with E-state index >= 15 is 0 Å². The number of rotatable bonds is 1. The van der Waals surface area contributed by atoms with E-state index in [0.29, 0.717) is 21.9 Å². The molecule has 2 aromatic rings. The van der Waals surface area contributed by atoms with E-state index in [2.05, 4.69) is 35.7 Å². The van der Waals surface area contributed by atoms with Crippen molar-refractivity contribution in [2.24, 2.45) is 5.92 Å². The quantitative estimate of drug-likeness (QED) is 0.677. The fourth-order valence-corrected chi connectivity index (χ4v) is 4.42. The molecule has 3 aliphatic rings. The van der Waals surface area contributed by atoms with Crippen molar-refractivity contribution in [2.45, 2.75) is 18.4 Å². The Morgan fingerprint density at radius 2 is 1.92 bits per heavy atom.